The lowest BCUT2D eigenvalue weighted by Gasteiger charge is -2.14. The molecule has 0 saturated carbocycles. The summed E-state index contributed by atoms with van der Waals surface area (Å²) in [6, 6.07) is 5.22. The van der Waals surface area contributed by atoms with Crippen LogP contribution in [0.15, 0.2) is 18.2 Å². The molecule has 1 aromatic rings. The summed E-state index contributed by atoms with van der Waals surface area (Å²) in [6.07, 6.45) is 1.40. The van der Waals surface area contributed by atoms with Crippen molar-refractivity contribution in [3.63, 3.8) is 0 Å². The molecule has 21 heavy (non-hydrogen) atoms. The standard InChI is InChI=1S/C16H26N2O2S/c1-11(2)12(3)21-9-5-6-16(19)18-14-8-7-13(17)10-15(14)20-4/h7-8,10-12H,5-6,9,17H2,1-4H3,(H,18,19). The summed E-state index contributed by atoms with van der Waals surface area (Å²) in [7, 11) is 1.56. The van der Waals surface area contributed by atoms with Gasteiger partial charge >= 0.3 is 0 Å². The van der Waals surface area contributed by atoms with Crippen LogP contribution in [0.25, 0.3) is 0 Å². The maximum absolute atomic E-state index is 11.9. The number of carbonyl (C=O) groups is 1. The fraction of sp³-hybridized carbons (Fsp3) is 0.562. The van der Waals surface area contributed by atoms with E-state index in [2.05, 4.69) is 26.1 Å². The van der Waals surface area contributed by atoms with E-state index in [1.165, 1.54) is 0 Å². The van der Waals surface area contributed by atoms with E-state index in [9.17, 15) is 4.79 Å². The van der Waals surface area contributed by atoms with Crippen LogP contribution in [0, 0.1) is 5.92 Å². The van der Waals surface area contributed by atoms with Gasteiger partial charge in [0.05, 0.1) is 12.8 Å². The zero-order valence-electron chi connectivity index (χ0n) is 13.3. The fourth-order valence-corrected chi connectivity index (χ4v) is 2.79. The molecule has 0 fully saturated rings. The molecular formula is C16H26N2O2S. The highest BCUT2D eigenvalue weighted by atomic mass is 32.2. The highest BCUT2D eigenvalue weighted by Gasteiger charge is 2.10. The summed E-state index contributed by atoms with van der Waals surface area (Å²) in [5.74, 6) is 2.27. The molecule has 1 aromatic carbocycles. The lowest BCUT2D eigenvalue weighted by Crippen LogP contribution is -2.13. The summed E-state index contributed by atoms with van der Waals surface area (Å²) in [6.45, 7) is 6.67. The van der Waals surface area contributed by atoms with Crippen molar-refractivity contribution in [2.75, 3.05) is 23.9 Å². The third-order valence-electron chi connectivity index (χ3n) is 3.37. The Morgan fingerprint density at radius 1 is 1.38 bits per heavy atom. The molecule has 1 unspecified atom stereocenters. The average molecular weight is 310 g/mol. The van der Waals surface area contributed by atoms with E-state index in [0.717, 1.165) is 12.2 Å². The van der Waals surface area contributed by atoms with Crippen molar-refractivity contribution < 1.29 is 9.53 Å². The third-order valence-corrected chi connectivity index (χ3v) is 4.96. The van der Waals surface area contributed by atoms with Gasteiger partial charge in [0.1, 0.15) is 5.75 Å². The molecule has 0 aliphatic rings. The van der Waals surface area contributed by atoms with Crippen LogP contribution in [-0.4, -0.2) is 24.0 Å². The number of amides is 1. The van der Waals surface area contributed by atoms with E-state index in [4.69, 9.17) is 10.5 Å². The first-order chi connectivity index (χ1) is 9.93. The zero-order chi connectivity index (χ0) is 15.8. The van der Waals surface area contributed by atoms with E-state index in [-0.39, 0.29) is 5.91 Å². The summed E-state index contributed by atoms with van der Waals surface area (Å²) in [5.41, 5.74) is 6.97. The van der Waals surface area contributed by atoms with Crippen LogP contribution in [0.1, 0.15) is 33.6 Å². The molecule has 0 saturated heterocycles. The number of hydrogen-bond donors (Lipinski definition) is 2. The molecule has 4 nitrogen and oxygen atoms in total. The number of nitrogen functional groups attached to an aromatic ring is 1. The van der Waals surface area contributed by atoms with Crippen LogP contribution >= 0.6 is 11.8 Å². The van der Waals surface area contributed by atoms with Gasteiger partial charge in [-0.1, -0.05) is 20.8 Å². The number of methoxy groups -OCH3 is 1. The summed E-state index contributed by atoms with van der Waals surface area (Å²) < 4.78 is 5.21. The minimum Gasteiger partial charge on any atom is -0.494 e. The predicted octanol–water partition coefficient (Wildman–Crippen LogP) is 3.77. The van der Waals surface area contributed by atoms with E-state index in [0.29, 0.717) is 34.7 Å². The Bertz CT molecular complexity index is 464. The first kappa shape index (κ1) is 17.7. The van der Waals surface area contributed by atoms with E-state index in [1.807, 2.05) is 11.8 Å². The van der Waals surface area contributed by atoms with Crippen molar-refractivity contribution in [3.8, 4) is 5.75 Å². The maximum atomic E-state index is 11.9. The van der Waals surface area contributed by atoms with Crippen LogP contribution in [0.2, 0.25) is 0 Å². The van der Waals surface area contributed by atoms with Crippen LogP contribution in [-0.2, 0) is 4.79 Å². The van der Waals surface area contributed by atoms with Crippen molar-refractivity contribution in [3.05, 3.63) is 18.2 Å². The summed E-state index contributed by atoms with van der Waals surface area (Å²) in [4.78, 5) is 11.9. The van der Waals surface area contributed by atoms with Gasteiger partial charge in [0, 0.05) is 23.4 Å². The van der Waals surface area contributed by atoms with Crippen LogP contribution in [0.5, 0.6) is 5.75 Å². The maximum Gasteiger partial charge on any atom is 0.224 e. The number of ether oxygens (including phenoxy) is 1. The Morgan fingerprint density at radius 3 is 2.71 bits per heavy atom. The Labute approximate surface area is 131 Å². The first-order valence-corrected chi connectivity index (χ1v) is 8.34. The number of nitrogens with one attached hydrogen (secondary N) is 1. The van der Waals surface area contributed by atoms with Crippen molar-refractivity contribution in [2.24, 2.45) is 5.92 Å². The molecule has 0 bridgehead atoms. The second-order valence-corrected chi connectivity index (χ2v) is 6.92. The van der Waals surface area contributed by atoms with Gasteiger partial charge in [-0.15, -0.1) is 0 Å². The molecule has 0 radical (unpaired) electrons. The first-order valence-electron chi connectivity index (χ1n) is 7.29. The van der Waals surface area contributed by atoms with E-state index >= 15 is 0 Å². The Kier molecular flexibility index (Phi) is 7.43. The predicted molar refractivity (Wildman–Crippen MR) is 92.0 cm³/mol. The highest BCUT2D eigenvalue weighted by Crippen LogP contribution is 2.27. The van der Waals surface area contributed by atoms with Crippen molar-refractivity contribution in [1.82, 2.24) is 0 Å². The SMILES string of the molecule is COc1cc(N)ccc1NC(=O)CCCSC(C)C(C)C. The molecule has 0 spiro atoms. The van der Waals surface area contributed by atoms with Crippen LogP contribution in [0.4, 0.5) is 11.4 Å². The van der Waals surface area contributed by atoms with Gasteiger partial charge in [-0.2, -0.15) is 11.8 Å². The van der Waals surface area contributed by atoms with Gasteiger partial charge in [-0.3, -0.25) is 4.79 Å². The van der Waals surface area contributed by atoms with Gasteiger partial charge in [-0.05, 0) is 30.2 Å². The van der Waals surface area contributed by atoms with Crippen LogP contribution in [0.3, 0.4) is 0 Å². The van der Waals surface area contributed by atoms with Crippen molar-refractivity contribution in [2.45, 2.75) is 38.9 Å². The quantitative estimate of drug-likeness (QED) is 0.566. The Hall–Kier alpha value is -1.36. The van der Waals surface area contributed by atoms with Gasteiger partial charge in [0.25, 0.3) is 0 Å². The second kappa shape index (κ2) is 8.82. The number of benzene rings is 1. The molecule has 1 amide bonds. The van der Waals surface area contributed by atoms with E-state index < -0.39 is 0 Å². The molecule has 1 atom stereocenters. The van der Waals surface area contributed by atoms with Gasteiger partial charge in [0.15, 0.2) is 0 Å². The smallest absolute Gasteiger partial charge is 0.224 e. The fourth-order valence-electron chi connectivity index (χ4n) is 1.72. The minimum atomic E-state index is 0.0101. The molecular weight excluding hydrogens is 284 g/mol. The molecule has 0 aromatic heterocycles. The van der Waals surface area contributed by atoms with E-state index in [1.54, 1.807) is 25.3 Å². The minimum absolute atomic E-state index is 0.0101. The Morgan fingerprint density at radius 2 is 2.10 bits per heavy atom. The second-order valence-electron chi connectivity index (χ2n) is 5.43. The summed E-state index contributed by atoms with van der Waals surface area (Å²) >= 11 is 1.92. The molecule has 3 N–H and O–H groups in total. The molecule has 5 heteroatoms. The number of anilines is 2. The van der Waals surface area contributed by atoms with Crippen molar-refractivity contribution >= 4 is 29.0 Å². The molecule has 0 heterocycles. The van der Waals surface area contributed by atoms with Crippen LogP contribution < -0.4 is 15.8 Å². The monoisotopic (exact) mass is 310 g/mol. The number of thioether (sulfide) groups is 1. The van der Waals surface area contributed by atoms with Gasteiger partial charge < -0.3 is 15.8 Å². The molecule has 0 aliphatic heterocycles. The molecule has 0 aliphatic carbocycles. The largest absolute Gasteiger partial charge is 0.494 e. The zero-order valence-corrected chi connectivity index (χ0v) is 14.1. The lowest BCUT2D eigenvalue weighted by molar-refractivity contribution is -0.116. The Balaban J connectivity index is 2.37. The normalized spacial score (nSPS) is 12.2. The van der Waals surface area contributed by atoms with Crippen molar-refractivity contribution in [1.29, 1.82) is 0 Å². The van der Waals surface area contributed by atoms with Gasteiger partial charge in [-0.25, -0.2) is 0 Å². The molecule has 118 valence electrons. The highest BCUT2D eigenvalue weighted by molar-refractivity contribution is 7.99. The summed E-state index contributed by atoms with van der Waals surface area (Å²) in [5, 5.41) is 3.50. The number of hydrogen-bond acceptors (Lipinski definition) is 4. The number of rotatable bonds is 8. The lowest BCUT2D eigenvalue weighted by atomic mass is 10.2. The third kappa shape index (κ3) is 6.29. The topological polar surface area (TPSA) is 64.3 Å². The average Bonchev–Trinajstić information content (AvgIpc) is 2.45. The molecule has 1 rings (SSSR count). The number of nitrogens with two attached hydrogens (primary N) is 1. The number of carbonyl (C=O) groups excluding carboxylic acids is 1. The van der Waals surface area contributed by atoms with Gasteiger partial charge in [0.2, 0.25) is 5.91 Å².